The van der Waals surface area contributed by atoms with Crippen molar-refractivity contribution in [3.05, 3.63) is 76.2 Å². The molecule has 0 aliphatic rings. The van der Waals surface area contributed by atoms with Crippen LogP contribution in [0.3, 0.4) is 0 Å². The summed E-state index contributed by atoms with van der Waals surface area (Å²) in [7, 11) is 0. The molecule has 0 aliphatic carbocycles. The van der Waals surface area contributed by atoms with Crippen molar-refractivity contribution < 1.29 is 4.39 Å². The van der Waals surface area contributed by atoms with E-state index in [4.69, 9.17) is 0 Å². The maximum Gasteiger partial charge on any atom is 0.123 e. The van der Waals surface area contributed by atoms with E-state index in [1.165, 1.54) is 34.4 Å². The molecule has 0 amide bonds. The lowest BCUT2D eigenvalue weighted by molar-refractivity contribution is 0.627. The molecule has 0 fully saturated rings. The maximum atomic E-state index is 13.0. The van der Waals surface area contributed by atoms with Crippen LogP contribution in [0.25, 0.3) is 5.57 Å². The summed E-state index contributed by atoms with van der Waals surface area (Å²) in [6, 6.07) is 6.65. The van der Waals surface area contributed by atoms with E-state index in [-0.39, 0.29) is 5.82 Å². The van der Waals surface area contributed by atoms with Gasteiger partial charge in [0, 0.05) is 0 Å². The third-order valence-electron chi connectivity index (χ3n) is 3.66. The predicted octanol–water partition coefficient (Wildman–Crippen LogP) is 6.87. The van der Waals surface area contributed by atoms with E-state index in [1.54, 1.807) is 0 Å². The molecule has 0 radical (unpaired) electrons. The molecule has 0 nitrogen and oxygen atoms in total. The third-order valence-corrected chi connectivity index (χ3v) is 3.66. The highest BCUT2D eigenvalue weighted by Gasteiger charge is 2.00. The van der Waals surface area contributed by atoms with Crippen LogP contribution in [0.4, 0.5) is 4.39 Å². The molecule has 0 saturated heterocycles. The first-order valence-electron chi connectivity index (χ1n) is 7.80. The molecule has 0 N–H and O–H groups in total. The van der Waals surface area contributed by atoms with Gasteiger partial charge in [0.05, 0.1) is 0 Å². The van der Waals surface area contributed by atoms with Gasteiger partial charge >= 0.3 is 0 Å². The summed E-state index contributed by atoms with van der Waals surface area (Å²) in [6.45, 7) is 12.7. The summed E-state index contributed by atoms with van der Waals surface area (Å²) < 4.78 is 13.0. The Balaban J connectivity index is 3.13. The lowest BCUT2D eigenvalue weighted by atomic mass is 10.00. The Morgan fingerprint density at radius 1 is 0.909 bits per heavy atom. The zero-order valence-corrected chi connectivity index (χ0v) is 14.6. The molecule has 0 bridgehead atoms. The topological polar surface area (TPSA) is 0 Å². The van der Waals surface area contributed by atoms with Crippen LogP contribution in [0.2, 0.25) is 0 Å². The van der Waals surface area contributed by atoms with Crippen molar-refractivity contribution in [1.29, 1.82) is 0 Å². The van der Waals surface area contributed by atoms with Crippen LogP contribution in [0, 0.1) is 5.82 Å². The van der Waals surface area contributed by atoms with Gasteiger partial charge in [0.25, 0.3) is 0 Å². The van der Waals surface area contributed by atoms with E-state index in [0.717, 1.165) is 17.6 Å². The van der Waals surface area contributed by atoms with Gasteiger partial charge in [-0.1, -0.05) is 54.0 Å². The quantitative estimate of drug-likeness (QED) is 0.520. The molecule has 1 heteroatoms. The van der Waals surface area contributed by atoms with Gasteiger partial charge in [0.15, 0.2) is 0 Å². The highest BCUT2D eigenvalue weighted by molar-refractivity contribution is 5.68. The second-order valence-corrected chi connectivity index (χ2v) is 6.02. The highest BCUT2D eigenvalue weighted by Crippen LogP contribution is 2.20. The summed E-state index contributed by atoms with van der Waals surface area (Å²) in [6.07, 6.45) is 7.67. The van der Waals surface area contributed by atoms with E-state index >= 15 is 0 Å². The van der Waals surface area contributed by atoms with Gasteiger partial charge in [0.2, 0.25) is 0 Å². The van der Waals surface area contributed by atoms with Gasteiger partial charge in [-0.05, 0) is 69.9 Å². The third kappa shape index (κ3) is 5.85. The van der Waals surface area contributed by atoms with Crippen molar-refractivity contribution in [2.45, 2.75) is 48.0 Å². The van der Waals surface area contributed by atoms with Crippen LogP contribution in [-0.2, 0) is 0 Å². The second kappa shape index (κ2) is 8.53. The minimum Gasteiger partial charge on any atom is -0.207 e. The summed E-state index contributed by atoms with van der Waals surface area (Å²) in [5, 5.41) is 0. The number of halogens is 1. The van der Waals surface area contributed by atoms with E-state index in [9.17, 15) is 4.39 Å². The molecule has 118 valence electrons. The highest BCUT2D eigenvalue weighted by atomic mass is 19.1. The standard InChI is InChI=1S/C21H27F/c1-7-16(4)12-17(5)13-20(15(2)3)14-18(6)19-8-10-21(22)11-9-19/h8-14H,7H2,1-6H3/b16-12+,17-13-,18-14+. The van der Waals surface area contributed by atoms with Crippen molar-refractivity contribution in [3.8, 4) is 0 Å². The Kier molecular flexibility index (Phi) is 7.04. The molecule has 1 aromatic rings. The second-order valence-electron chi connectivity index (χ2n) is 6.02. The zero-order valence-electron chi connectivity index (χ0n) is 14.6. The van der Waals surface area contributed by atoms with E-state index in [1.807, 2.05) is 12.1 Å². The molecule has 0 saturated carbocycles. The molecule has 1 aromatic carbocycles. The minimum atomic E-state index is -0.199. The number of hydrogen-bond acceptors (Lipinski definition) is 0. The van der Waals surface area contributed by atoms with Crippen molar-refractivity contribution in [2.24, 2.45) is 0 Å². The molecule has 22 heavy (non-hydrogen) atoms. The first kappa shape index (κ1) is 18.2. The average molecular weight is 298 g/mol. The van der Waals surface area contributed by atoms with E-state index < -0.39 is 0 Å². The van der Waals surface area contributed by atoms with Crippen molar-refractivity contribution in [2.75, 3.05) is 0 Å². The Bertz CT molecular complexity index is 618. The van der Waals surface area contributed by atoms with Crippen molar-refractivity contribution in [1.82, 2.24) is 0 Å². The Morgan fingerprint density at radius 2 is 1.50 bits per heavy atom. The van der Waals surface area contributed by atoms with Crippen LogP contribution in [-0.4, -0.2) is 0 Å². The van der Waals surface area contributed by atoms with Crippen molar-refractivity contribution >= 4 is 5.57 Å². The Labute approximate surface area is 134 Å². The van der Waals surface area contributed by atoms with Crippen LogP contribution in [0.5, 0.6) is 0 Å². The van der Waals surface area contributed by atoms with E-state index in [2.05, 4.69) is 59.8 Å². The number of benzene rings is 1. The molecular weight excluding hydrogens is 271 g/mol. The monoisotopic (exact) mass is 298 g/mol. The maximum absolute atomic E-state index is 13.0. The first-order chi connectivity index (χ1) is 10.3. The summed E-state index contributed by atoms with van der Waals surface area (Å²) in [4.78, 5) is 0. The van der Waals surface area contributed by atoms with E-state index in [0.29, 0.717) is 0 Å². The van der Waals surface area contributed by atoms with Gasteiger partial charge in [0.1, 0.15) is 5.82 Å². The average Bonchev–Trinajstić information content (AvgIpc) is 2.46. The summed E-state index contributed by atoms with van der Waals surface area (Å²) >= 11 is 0. The minimum absolute atomic E-state index is 0.199. The molecule has 0 atom stereocenters. The Hall–Kier alpha value is -1.89. The summed E-state index contributed by atoms with van der Waals surface area (Å²) in [5.41, 5.74) is 7.28. The fourth-order valence-corrected chi connectivity index (χ4v) is 2.14. The van der Waals surface area contributed by atoms with Gasteiger partial charge in [-0.2, -0.15) is 0 Å². The van der Waals surface area contributed by atoms with Gasteiger partial charge < -0.3 is 0 Å². The molecular formula is C21H27F. The molecule has 0 spiro atoms. The zero-order chi connectivity index (χ0) is 16.7. The van der Waals surface area contributed by atoms with Gasteiger partial charge in [-0.15, -0.1) is 0 Å². The van der Waals surface area contributed by atoms with Gasteiger partial charge in [-0.3, -0.25) is 0 Å². The van der Waals surface area contributed by atoms with Crippen LogP contribution >= 0.6 is 0 Å². The van der Waals surface area contributed by atoms with Crippen LogP contribution in [0.1, 0.15) is 53.5 Å². The first-order valence-corrected chi connectivity index (χ1v) is 7.80. The lowest BCUT2D eigenvalue weighted by Crippen LogP contribution is -1.86. The number of allylic oxidation sites excluding steroid dienone is 8. The smallest absolute Gasteiger partial charge is 0.123 e. The van der Waals surface area contributed by atoms with Crippen molar-refractivity contribution in [3.63, 3.8) is 0 Å². The normalized spacial score (nSPS) is 13.3. The lowest BCUT2D eigenvalue weighted by Gasteiger charge is -2.06. The SMILES string of the molecule is CC/C(C)=C/C(C)=C\C(/C=C(\C)c1ccc(F)cc1)=C(C)C. The van der Waals surface area contributed by atoms with Crippen LogP contribution < -0.4 is 0 Å². The molecule has 0 heterocycles. The number of rotatable bonds is 5. The van der Waals surface area contributed by atoms with Gasteiger partial charge in [-0.25, -0.2) is 4.39 Å². The predicted molar refractivity (Wildman–Crippen MR) is 96.2 cm³/mol. The Morgan fingerprint density at radius 3 is 2.00 bits per heavy atom. The largest absolute Gasteiger partial charge is 0.207 e. The molecule has 0 unspecified atom stereocenters. The molecule has 1 rings (SSSR count). The summed E-state index contributed by atoms with van der Waals surface area (Å²) in [5.74, 6) is -0.199. The molecule has 0 aliphatic heterocycles. The number of hydrogen-bond donors (Lipinski definition) is 0. The van der Waals surface area contributed by atoms with Crippen LogP contribution in [0.15, 0.2) is 64.8 Å². The fraction of sp³-hybridized carbons (Fsp3) is 0.333. The molecule has 0 aromatic heterocycles. The fourth-order valence-electron chi connectivity index (χ4n) is 2.14.